The maximum absolute atomic E-state index is 13.2. The van der Waals surface area contributed by atoms with E-state index >= 15 is 0 Å². The van der Waals surface area contributed by atoms with Gasteiger partial charge in [0.25, 0.3) is 0 Å². The third kappa shape index (κ3) is 3.43. The van der Waals surface area contributed by atoms with Gasteiger partial charge in [-0.25, -0.2) is 4.79 Å². The molecular formula is C17H15Cl2NO4S. The Kier molecular flexibility index (Phi) is 5.41. The number of thioether (sulfide) groups is 1. The number of benzene rings is 1. The molecule has 2 aromatic rings. The summed E-state index contributed by atoms with van der Waals surface area (Å²) in [4.78, 5) is 25.9. The predicted molar refractivity (Wildman–Crippen MR) is 96.1 cm³/mol. The molecule has 1 aromatic heterocycles. The Balaban J connectivity index is 2.12. The summed E-state index contributed by atoms with van der Waals surface area (Å²) in [5.74, 6) is -0.498. The number of nitrogens with zero attached hydrogens (tertiary/aromatic N) is 1. The van der Waals surface area contributed by atoms with Gasteiger partial charge in [0.05, 0.1) is 16.7 Å². The van der Waals surface area contributed by atoms with Crippen molar-refractivity contribution in [3.63, 3.8) is 0 Å². The van der Waals surface area contributed by atoms with Crippen LogP contribution in [0.2, 0.25) is 10.0 Å². The molecule has 8 heteroatoms. The molecule has 0 spiro atoms. The van der Waals surface area contributed by atoms with Gasteiger partial charge in [0.15, 0.2) is 11.5 Å². The Morgan fingerprint density at radius 3 is 2.68 bits per heavy atom. The minimum atomic E-state index is -0.674. The summed E-state index contributed by atoms with van der Waals surface area (Å²) in [6.07, 6.45) is 3.60. The minimum Gasteiger partial charge on any atom is -0.461 e. The third-order valence-electron chi connectivity index (χ3n) is 3.86. The van der Waals surface area contributed by atoms with Gasteiger partial charge in [-0.2, -0.15) is 0 Å². The summed E-state index contributed by atoms with van der Waals surface area (Å²) in [6, 6.07) is 3.16. The average molecular weight is 400 g/mol. The van der Waals surface area contributed by atoms with Crippen LogP contribution in [-0.2, 0) is 4.74 Å². The molecule has 0 aliphatic heterocycles. The molecule has 0 amide bonds. The lowest BCUT2D eigenvalue weighted by Crippen LogP contribution is -2.14. The van der Waals surface area contributed by atoms with Crippen LogP contribution in [0.25, 0.3) is 0 Å². The molecule has 1 saturated carbocycles. The molecule has 25 heavy (non-hydrogen) atoms. The molecule has 0 bridgehead atoms. The molecule has 1 aliphatic carbocycles. The van der Waals surface area contributed by atoms with Gasteiger partial charge >= 0.3 is 5.97 Å². The SMILES string of the molecule is CCOC(=O)c1noc(C2CC2)c1C(=O)c1ccc(Cl)c(Cl)c1SC. The zero-order chi connectivity index (χ0) is 18.1. The van der Waals surface area contributed by atoms with Gasteiger partial charge in [0.2, 0.25) is 5.69 Å². The Morgan fingerprint density at radius 2 is 2.08 bits per heavy atom. The fourth-order valence-electron chi connectivity index (χ4n) is 2.53. The van der Waals surface area contributed by atoms with Gasteiger partial charge < -0.3 is 9.26 Å². The second kappa shape index (κ2) is 7.40. The molecular weight excluding hydrogens is 385 g/mol. The van der Waals surface area contributed by atoms with Gasteiger partial charge in [-0.3, -0.25) is 4.79 Å². The van der Waals surface area contributed by atoms with E-state index in [0.29, 0.717) is 26.3 Å². The fraction of sp³-hybridized carbons (Fsp3) is 0.353. The minimum absolute atomic E-state index is 0.0909. The molecule has 0 unspecified atom stereocenters. The predicted octanol–water partition coefficient (Wildman–Crippen LogP) is 4.99. The first-order valence-corrected chi connectivity index (χ1v) is 9.71. The summed E-state index contributed by atoms with van der Waals surface area (Å²) in [5.41, 5.74) is 0.430. The third-order valence-corrected chi connectivity index (χ3v) is 5.61. The van der Waals surface area contributed by atoms with E-state index in [9.17, 15) is 9.59 Å². The lowest BCUT2D eigenvalue weighted by Gasteiger charge is -2.10. The lowest BCUT2D eigenvalue weighted by atomic mass is 9.99. The quantitative estimate of drug-likeness (QED) is 0.387. The molecule has 0 atom stereocenters. The second-order valence-corrected chi connectivity index (χ2v) is 7.14. The van der Waals surface area contributed by atoms with Crippen LogP contribution in [0.1, 0.15) is 57.9 Å². The maximum Gasteiger partial charge on any atom is 0.361 e. The van der Waals surface area contributed by atoms with E-state index in [1.54, 1.807) is 25.3 Å². The maximum atomic E-state index is 13.2. The molecule has 0 saturated heterocycles. The van der Waals surface area contributed by atoms with Crippen LogP contribution in [0.3, 0.4) is 0 Å². The normalized spacial score (nSPS) is 13.8. The van der Waals surface area contributed by atoms with Crippen molar-refractivity contribution in [1.29, 1.82) is 0 Å². The monoisotopic (exact) mass is 399 g/mol. The van der Waals surface area contributed by atoms with E-state index in [0.717, 1.165) is 12.8 Å². The highest BCUT2D eigenvalue weighted by atomic mass is 35.5. The molecule has 3 rings (SSSR count). The van der Waals surface area contributed by atoms with E-state index in [4.69, 9.17) is 32.5 Å². The largest absolute Gasteiger partial charge is 0.461 e. The Morgan fingerprint density at radius 1 is 1.36 bits per heavy atom. The van der Waals surface area contributed by atoms with Crippen LogP contribution >= 0.6 is 35.0 Å². The van der Waals surface area contributed by atoms with Crippen LogP contribution in [0.4, 0.5) is 0 Å². The number of aromatic nitrogens is 1. The topological polar surface area (TPSA) is 69.4 Å². The number of halogens is 2. The molecule has 1 aromatic carbocycles. The number of ether oxygens (including phenoxy) is 1. The molecule has 5 nitrogen and oxygen atoms in total. The first-order chi connectivity index (χ1) is 12.0. The number of carbonyl (C=O) groups is 2. The number of hydrogen-bond donors (Lipinski definition) is 0. The highest BCUT2D eigenvalue weighted by Crippen LogP contribution is 2.44. The van der Waals surface area contributed by atoms with E-state index in [1.807, 2.05) is 0 Å². The number of ketones is 1. The van der Waals surface area contributed by atoms with Crippen LogP contribution in [0.15, 0.2) is 21.6 Å². The van der Waals surface area contributed by atoms with Gasteiger partial charge in [-0.1, -0.05) is 28.4 Å². The van der Waals surface area contributed by atoms with Crippen LogP contribution in [0, 0.1) is 0 Å². The van der Waals surface area contributed by atoms with Crippen molar-refractivity contribution in [1.82, 2.24) is 5.16 Å². The first-order valence-electron chi connectivity index (χ1n) is 7.72. The average Bonchev–Trinajstić information content (AvgIpc) is 3.35. The van der Waals surface area contributed by atoms with Gasteiger partial charge in [-0.05, 0) is 38.2 Å². The first kappa shape index (κ1) is 18.3. The summed E-state index contributed by atoms with van der Waals surface area (Å²) >= 11 is 13.6. The van der Waals surface area contributed by atoms with Gasteiger partial charge in [0, 0.05) is 16.4 Å². The Hall–Kier alpha value is -1.50. The zero-order valence-corrected chi connectivity index (χ0v) is 15.9. The second-order valence-electron chi connectivity index (χ2n) is 5.54. The standard InChI is InChI=1S/C17H15Cl2NO4S/c1-3-23-17(22)13-11(15(24-20-13)8-4-5-8)14(21)9-6-7-10(18)12(19)16(9)25-2/h6-8H,3-5H2,1-2H3. The van der Waals surface area contributed by atoms with Gasteiger partial charge in [0.1, 0.15) is 5.56 Å². The number of rotatable bonds is 6. The summed E-state index contributed by atoms with van der Waals surface area (Å²) in [6.45, 7) is 1.87. The Labute approximate surface area is 159 Å². The van der Waals surface area contributed by atoms with E-state index in [1.165, 1.54) is 11.8 Å². The number of carbonyl (C=O) groups excluding carboxylic acids is 2. The van der Waals surface area contributed by atoms with Crippen molar-refractivity contribution < 1.29 is 18.8 Å². The molecule has 1 heterocycles. The van der Waals surface area contributed by atoms with Crippen molar-refractivity contribution >= 4 is 46.7 Å². The number of esters is 1. The van der Waals surface area contributed by atoms with Crippen molar-refractivity contribution in [2.75, 3.05) is 12.9 Å². The fourth-order valence-corrected chi connectivity index (χ4v) is 3.81. The van der Waals surface area contributed by atoms with E-state index in [-0.39, 0.29) is 29.6 Å². The molecule has 0 radical (unpaired) electrons. The van der Waals surface area contributed by atoms with Crippen molar-refractivity contribution in [2.45, 2.75) is 30.6 Å². The summed E-state index contributed by atoms with van der Waals surface area (Å²) < 4.78 is 10.3. The zero-order valence-electron chi connectivity index (χ0n) is 13.6. The van der Waals surface area contributed by atoms with Gasteiger partial charge in [-0.15, -0.1) is 11.8 Å². The van der Waals surface area contributed by atoms with Crippen molar-refractivity contribution in [3.8, 4) is 0 Å². The highest BCUT2D eigenvalue weighted by Gasteiger charge is 2.38. The van der Waals surface area contributed by atoms with Crippen molar-refractivity contribution in [3.05, 3.63) is 44.8 Å². The summed E-state index contributed by atoms with van der Waals surface area (Å²) in [7, 11) is 0. The smallest absolute Gasteiger partial charge is 0.361 e. The molecule has 1 fully saturated rings. The van der Waals surface area contributed by atoms with Crippen LogP contribution < -0.4 is 0 Å². The van der Waals surface area contributed by atoms with Crippen molar-refractivity contribution in [2.24, 2.45) is 0 Å². The Bertz CT molecular complexity index is 845. The molecule has 1 aliphatic rings. The number of hydrogen-bond acceptors (Lipinski definition) is 6. The van der Waals surface area contributed by atoms with E-state index in [2.05, 4.69) is 5.16 Å². The van der Waals surface area contributed by atoms with Crippen LogP contribution in [-0.4, -0.2) is 29.8 Å². The van der Waals surface area contributed by atoms with Crippen LogP contribution in [0.5, 0.6) is 0 Å². The molecule has 0 N–H and O–H groups in total. The summed E-state index contributed by atoms with van der Waals surface area (Å²) in [5, 5.41) is 4.47. The highest BCUT2D eigenvalue weighted by molar-refractivity contribution is 7.98. The lowest BCUT2D eigenvalue weighted by molar-refractivity contribution is 0.0512. The molecule has 132 valence electrons. The van der Waals surface area contributed by atoms with E-state index < -0.39 is 5.97 Å².